The van der Waals surface area contributed by atoms with Gasteiger partial charge in [0.25, 0.3) is 0 Å². The van der Waals surface area contributed by atoms with E-state index in [4.69, 9.17) is 0 Å². The summed E-state index contributed by atoms with van der Waals surface area (Å²) >= 11 is 0. The van der Waals surface area contributed by atoms with Gasteiger partial charge < -0.3 is 10.6 Å². The monoisotopic (exact) mass is 331 g/mol. The Bertz CT molecular complexity index is 678. The zero-order valence-corrected chi connectivity index (χ0v) is 14.6. The second-order valence-corrected chi connectivity index (χ2v) is 5.72. The van der Waals surface area contributed by atoms with E-state index in [0.29, 0.717) is 18.1 Å². The minimum atomic E-state index is -0.221. The number of hydrogen-bond donors (Lipinski definition) is 2. The van der Waals surface area contributed by atoms with E-state index in [1.807, 2.05) is 24.6 Å². The van der Waals surface area contributed by atoms with Gasteiger partial charge >= 0.3 is 0 Å². The summed E-state index contributed by atoms with van der Waals surface area (Å²) in [4.78, 5) is 4.44. The molecule has 1 heterocycles. The van der Waals surface area contributed by atoms with Gasteiger partial charge in [0.05, 0.1) is 12.2 Å². The second kappa shape index (κ2) is 9.05. The Kier molecular flexibility index (Phi) is 6.78. The number of rotatable bonds is 7. The molecule has 0 bridgehead atoms. The van der Waals surface area contributed by atoms with Crippen molar-refractivity contribution in [3.8, 4) is 0 Å². The molecule has 130 valence electrons. The highest BCUT2D eigenvalue weighted by molar-refractivity contribution is 5.79. The highest BCUT2D eigenvalue weighted by Gasteiger charge is 2.03. The fourth-order valence-corrected chi connectivity index (χ4v) is 2.47. The molecular formula is C18H26FN5. The minimum absolute atomic E-state index is 0.221. The number of aromatic nitrogens is 2. The molecule has 0 radical (unpaired) electrons. The summed E-state index contributed by atoms with van der Waals surface area (Å²) in [5.74, 6) is 0.482. The SMILES string of the molecule is CCNC(=NCc1ccccc1F)NCCCn1nc(C)cc1C. The number of aliphatic imine (C=N–C) groups is 1. The van der Waals surface area contributed by atoms with Crippen LogP contribution in [-0.2, 0) is 13.1 Å². The first-order valence-electron chi connectivity index (χ1n) is 8.36. The van der Waals surface area contributed by atoms with Gasteiger partial charge in [-0.2, -0.15) is 5.10 Å². The largest absolute Gasteiger partial charge is 0.357 e. The second-order valence-electron chi connectivity index (χ2n) is 5.72. The highest BCUT2D eigenvalue weighted by Crippen LogP contribution is 2.07. The summed E-state index contributed by atoms with van der Waals surface area (Å²) in [5, 5.41) is 10.9. The topological polar surface area (TPSA) is 54.2 Å². The van der Waals surface area contributed by atoms with Crippen LogP contribution in [0.5, 0.6) is 0 Å². The van der Waals surface area contributed by atoms with E-state index in [1.165, 1.54) is 11.8 Å². The van der Waals surface area contributed by atoms with Crippen LogP contribution < -0.4 is 10.6 Å². The van der Waals surface area contributed by atoms with Crippen LogP contribution in [0.3, 0.4) is 0 Å². The van der Waals surface area contributed by atoms with Crippen LogP contribution in [0.4, 0.5) is 4.39 Å². The van der Waals surface area contributed by atoms with E-state index >= 15 is 0 Å². The number of benzene rings is 1. The molecule has 1 aromatic carbocycles. The van der Waals surface area contributed by atoms with Crippen molar-refractivity contribution >= 4 is 5.96 Å². The van der Waals surface area contributed by atoms with Crippen molar-refractivity contribution in [2.75, 3.05) is 13.1 Å². The Morgan fingerprint density at radius 2 is 2.04 bits per heavy atom. The molecule has 0 saturated heterocycles. The predicted octanol–water partition coefficient (Wildman–Crippen LogP) is 2.78. The van der Waals surface area contributed by atoms with Gasteiger partial charge in [-0.15, -0.1) is 0 Å². The predicted molar refractivity (Wildman–Crippen MR) is 95.5 cm³/mol. The summed E-state index contributed by atoms with van der Waals surface area (Å²) in [7, 11) is 0. The molecule has 2 aromatic rings. The Morgan fingerprint density at radius 1 is 1.25 bits per heavy atom. The van der Waals surface area contributed by atoms with Crippen LogP contribution in [0.15, 0.2) is 35.3 Å². The summed E-state index contributed by atoms with van der Waals surface area (Å²) < 4.78 is 15.7. The lowest BCUT2D eigenvalue weighted by molar-refractivity contribution is 0.555. The van der Waals surface area contributed by atoms with Gasteiger partial charge in [0.15, 0.2) is 5.96 Å². The van der Waals surface area contributed by atoms with Gasteiger partial charge in [-0.1, -0.05) is 18.2 Å². The number of nitrogens with one attached hydrogen (secondary N) is 2. The van der Waals surface area contributed by atoms with E-state index in [-0.39, 0.29) is 5.82 Å². The minimum Gasteiger partial charge on any atom is -0.357 e. The first-order chi connectivity index (χ1) is 11.6. The van der Waals surface area contributed by atoms with E-state index in [9.17, 15) is 4.39 Å². The summed E-state index contributed by atoms with van der Waals surface area (Å²) in [6.07, 6.45) is 0.937. The number of guanidine groups is 1. The molecule has 6 heteroatoms. The van der Waals surface area contributed by atoms with Gasteiger partial charge in [0.2, 0.25) is 0 Å². The molecule has 0 amide bonds. The molecule has 0 aliphatic rings. The standard InChI is InChI=1S/C18H26FN5/c1-4-20-18(22-13-16-8-5-6-9-17(16)19)21-10-7-11-24-15(3)12-14(2)23-24/h5-6,8-9,12H,4,7,10-11,13H2,1-3H3,(H2,20,21,22). The summed E-state index contributed by atoms with van der Waals surface area (Å²) in [5.41, 5.74) is 2.81. The van der Waals surface area contributed by atoms with Gasteiger partial charge in [-0.25, -0.2) is 9.38 Å². The summed E-state index contributed by atoms with van der Waals surface area (Å²) in [6, 6.07) is 8.80. The first-order valence-corrected chi connectivity index (χ1v) is 8.36. The Hall–Kier alpha value is -2.37. The summed E-state index contributed by atoms with van der Waals surface area (Å²) in [6.45, 7) is 8.80. The fourth-order valence-electron chi connectivity index (χ4n) is 2.47. The molecule has 0 spiro atoms. The molecule has 0 fully saturated rings. The van der Waals surface area contributed by atoms with Crippen LogP contribution in [0.1, 0.15) is 30.3 Å². The van der Waals surface area contributed by atoms with Crippen LogP contribution in [0.2, 0.25) is 0 Å². The first kappa shape index (κ1) is 18.0. The van der Waals surface area contributed by atoms with Crippen LogP contribution >= 0.6 is 0 Å². The third-order valence-electron chi connectivity index (χ3n) is 3.65. The molecule has 5 nitrogen and oxygen atoms in total. The zero-order chi connectivity index (χ0) is 17.4. The van der Waals surface area contributed by atoms with Gasteiger partial charge in [0, 0.05) is 30.9 Å². The van der Waals surface area contributed by atoms with Crippen molar-refractivity contribution in [1.29, 1.82) is 0 Å². The van der Waals surface area contributed by atoms with Gasteiger partial charge in [-0.3, -0.25) is 4.68 Å². The molecular weight excluding hydrogens is 305 g/mol. The number of hydrogen-bond acceptors (Lipinski definition) is 2. The van der Waals surface area contributed by atoms with Crippen LogP contribution in [0, 0.1) is 19.7 Å². The van der Waals surface area contributed by atoms with Crippen molar-refractivity contribution in [3.05, 3.63) is 53.1 Å². The maximum absolute atomic E-state index is 13.6. The molecule has 2 N–H and O–H groups in total. The van der Waals surface area contributed by atoms with Crippen molar-refractivity contribution in [2.24, 2.45) is 4.99 Å². The number of halogens is 1. The lowest BCUT2D eigenvalue weighted by Crippen LogP contribution is -2.38. The van der Waals surface area contributed by atoms with Crippen molar-refractivity contribution < 1.29 is 4.39 Å². The third-order valence-corrected chi connectivity index (χ3v) is 3.65. The number of nitrogens with zero attached hydrogens (tertiary/aromatic N) is 3. The van der Waals surface area contributed by atoms with Gasteiger partial charge in [-0.05, 0) is 39.3 Å². The fraction of sp³-hybridized carbons (Fsp3) is 0.444. The van der Waals surface area contributed by atoms with Crippen molar-refractivity contribution in [1.82, 2.24) is 20.4 Å². The lowest BCUT2D eigenvalue weighted by Gasteiger charge is -2.12. The highest BCUT2D eigenvalue weighted by atomic mass is 19.1. The molecule has 0 aliphatic heterocycles. The molecule has 0 unspecified atom stereocenters. The van der Waals surface area contributed by atoms with E-state index in [0.717, 1.165) is 31.7 Å². The van der Waals surface area contributed by atoms with Crippen molar-refractivity contribution in [2.45, 2.75) is 40.3 Å². The van der Waals surface area contributed by atoms with E-state index < -0.39 is 0 Å². The number of aryl methyl sites for hydroxylation is 3. The third kappa shape index (κ3) is 5.37. The molecule has 2 rings (SSSR count). The van der Waals surface area contributed by atoms with Crippen molar-refractivity contribution in [3.63, 3.8) is 0 Å². The molecule has 0 atom stereocenters. The quantitative estimate of drug-likeness (QED) is 0.466. The average Bonchev–Trinajstić information content (AvgIpc) is 2.88. The normalized spacial score (nSPS) is 11.6. The van der Waals surface area contributed by atoms with Crippen LogP contribution in [0.25, 0.3) is 0 Å². The molecule has 0 aliphatic carbocycles. The van der Waals surface area contributed by atoms with Gasteiger partial charge in [0.1, 0.15) is 5.82 Å². The Balaban J connectivity index is 1.83. The molecule has 1 aromatic heterocycles. The van der Waals surface area contributed by atoms with E-state index in [2.05, 4.69) is 33.7 Å². The molecule has 0 saturated carbocycles. The zero-order valence-electron chi connectivity index (χ0n) is 14.6. The molecule has 24 heavy (non-hydrogen) atoms. The van der Waals surface area contributed by atoms with E-state index in [1.54, 1.807) is 12.1 Å². The maximum Gasteiger partial charge on any atom is 0.191 e. The smallest absolute Gasteiger partial charge is 0.191 e. The average molecular weight is 331 g/mol. The Morgan fingerprint density at radius 3 is 2.71 bits per heavy atom. The lowest BCUT2D eigenvalue weighted by atomic mass is 10.2. The Labute approximate surface area is 143 Å². The van der Waals surface area contributed by atoms with Crippen LogP contribution in [-0.4, -0.2) is 28.8 Å². The maximum atomic E-state index is 13.6.